The Labute approximate surface area is 111 Å². The quantitative estimate of drug-likeness (QED) is 0.888. The molecule has 0 fully saturated rings. The number of halogens is 2. The van der Waals surface area contributed by atoms with E-state index in [1.165, 1.54) is 0 Å². The average molecular weight is 276 g/mol. The molecule has 1 atom stereocenters. The predicted molar refractivity (Wildman–Crippen MR) is 69.6 cm³/mol. The van der Waals surface area contributed by atoms with E-state index < -0.39 is 0 Å². The lowest BCUT2D eigenvalue weighted by Gasteiger charge is -2.20. The van der Waals surface area contributed by atoms with E-state index in [2.05, 4.69) is 5.32 Å². The Hall–Kier alpha value is -0.770. The zero-order valence-electron chi connectivity index (χ0n) is 9.71. The average Bonchev–Trinajstić information content (AvgIpc) is 2.28. The lowest BCUT2D eigenvalue weighted by Crippen LogP contribution is -2.41. The monoisotopic (exact) mass is 275 g/mol. The van der Waals surface area contributed by atoms with Gasteiger partial charge >= 0.3 is 0 Å². The fourth-order valence-electron chi connectivity index (χ4n) is 1.35. The molecule has 5 heteroatoms. The minimum Gasteiger partial charge on any atom is -0.394 e. The number of nitrogens with one attached hydrogen (secondary N) is 1. The summed E-state index contributed by atoms with van der Waals surface area (Å²) in [5, 5.41) is 12.4. The highest BCUT2D eigenvalue weighted by atomic mass is 35.5. The molecule has 1 aromatic carbocycles. The number of aliphatic hydroxyl groups is 1. The number of carbonyl (C=O) groups is 1. The molecule has 1 amide bonds. The van der Waals surface area contributed by atoms with Crippen LogP contribution in [0.5, 0.6) is 0 Å². The molecule has 0 aliphatic heterocycles. The number of carbonyl (C=O) groups excluding carboxylic acids is 1. The maximum Gasteiger partial charge on any atom is 0.253 e. The summed E-state index contributed by atoms with van der Waals surface area (Å²) in [4.78, 5) is 11.9. The van der Waals surface area contributed by atoms with E-state index in [1.54, 1.807) is 18.2 Å². The van der Waals surface area contributed by atoms with E-state index in [0.717, 1.165) is 0 Å². The summed E-state index contributed by atoms with van der Waals surface area (Å²) in [5.74, 6) is -0.188. The Bertz CT molecular complexity index is 407. The van der Waals surface area contributed by atoms with Crippen LogP contribution in [0.1, 0.15) is 24.2 Å². The maximum absolute atomic E-state index is 11.9. The molecule has 1 rings (SSSR count). The molecule has 2 N–H and O–H groups in total. The molecule has 0 aromatic heterocycles. The topological polar surface area (TPSA) is 49.3 Å². The second-order valence-corrected chi connectivity index (χ2v) is 4.89. The molecule has 0 heterocycles. The Morgan fingerprint density at radius 2 is 2.06 bits per heavy atom. The molecule has 0 aliphatic carbocycles. The van der Waals surface area contributed by atoms with Crippen molar-refractivity contribution in [1.82, 2.24) is 5.32 Å². The molecule has 0 unspecified atom stereocenters. The Morgan fingerprint density at radius 1 is 1.41 bits per heavy atom. The first-order valence-corrected chi connectivity index (χ1v) is 6.08. The van der Waals surface area contributed by atoms with Crippen LogP contribution in [0.4, 0.5) is 0 Å². The summed E-state index contributed by atoms with van der Waals surface area (Å²) in [6.07, 6.45) is 0. The second kappa shape index (κ2) is 6.24. The first-order valence-electron chi connectivity index (χ1n) is 5.33. The van der Waals surface area contributed by atoms with Gasteiger partial charge in [0.2, 0.25) is 0 Å². The van der Waals surface area contributed by atoms with Gasteiger partial charge in [-0.15, -0.1) is 0 Å². The Morgan fingerprint density at radius 3 is 2.59 bits per heavy atom. The molecule has 0 saturated heterocycles. The summed E-state index contributed by atoms with van der Waals surface area (Å²) < 4.78 is 0. The van der Waals surface area contributed by atoms with Gasteiger partial charge in [0.25, 0.3) is 5.91 Å². The third-order valence-electron chi connectivity index (χ3n) is 2.51. The number of hydrogen-bond donors (Lipinski definition) is 2. The number of hydrogen-bond acceptors (Lipinski definition) is 2. The molecule has 0 spiro atoms. The normalized spacial score (nSPS) is 12.6. The van der Waals surface area contributed by atoms with Gasteiger partial charge < -0.3 is 10.4 Å². The lowest BCUT2D eigenvalue weighted by atomic mass is 10.0. The van der Waals surface area contributed by atoms with Crippen LogP contribution < -0.4 is 5.32 Å². The molecule has 1 aromatic rings. The van der Waals surface area contributed by atoms with Crippen LogP contribution in [0.3, 0.4) is 0 Å². The van der Waals surface area contributed by atoms with Crippen molar-refractivity contribution in [3.63, 3.8) is 0 Å². The van der Waals surface area contributed by atoms with Gasteiger partial charge in [0, 0.05) is 0 Å². The van der Waals surface area contributed by atoms with Crippen LogP contribution in [-0.4, -0.2) is 23.7 Å². The summed E-state index contributed by atoms with van der Waals surface area (Å²) in [6.45, 7) is 3.73. The van der Waals surface area contributed by atoms with Crippen molar-refractivity contribution >= 4 is 29.1 Å². The highest BCUT2D eigenvalue weighted by Gasteiger charge is 2.18. The summed E-state index contributed by atoms with van der Waals surface area (Å²) >= 11 is 11.8. The fourth-order valence-corrected chi connectivity index (χ4v) is 1.73. The van der Waals surface area contributed by atoms with E-state index in [-0.39, 0.29) is 29.5 Å². The van der Waals surface area contributed by atoms with Crippen LogP contribution in [0.15, 0.2) is 18.2 Å². The van der Waals surface area contributed by atoms with Crippen molar-refractivity contribution in [1.29, 1.82) is 0 Å². The van der Waals surface area contributed by atoms with Gasteiger partial charge in [-0.2, -0.15) is 0 Å². The molecule has 0 aliphatic rings. The number of amides is 1. The predicted octanol–water partition coefficient (Wildman–Crippen LogP) is 2.74. The first kappa shape index (κ1) is 14.3. The lowest BCUT2D eigenvalue weighted by molar-refractivity contribution is 0.0897. The molecule has 0 saturated carbocycles. The zero-order valence-corrected chi connectivity index (χ0v) is 11.2. The minimum atomic E-state index is -0.328. The highest BCUT2D eigenvalue weighted by molar-refractivity contribution is 6.43. The largest absolute Gasteiger partial charge is 0.394 e. The molecule has 17 heavy (non-hydrogen) atoms. The van der Waals surface area contributed by atoms with Crippen LogP contribution in [0, 0.1) is 5.92 Å². The van der Waals surface area contributed by atoms with Crippen molar-refractivity contribution < 1.29 is 9.90 Å². The van der Waals surface area contributed by atoms with E-state index in [4.69, 9.17) is 28.3 Å². The standard InChI is InChI=1S/C12H15Cl2NO2/c1-7(2)10(6-16)15-12(17)8-4-3-5-9(13)11(8)14/h3-5,7,10,16H,6H2,1-2H3,(H,15,17)/t10-/m1/s1. The van der Waals surface area contributed by atoms with Gasteiger partial charge in [-0.25, -0.2) is 0 Å². The van der Waals surface area contributed by atoms with Gasteiger partial charge in [0.1, 0.15) is 0 Å². The van der Waals surface area contributed by atoms with E-state index in [9.17, 15) is 4.79 Å². The summed E-state index contributed by atoms with van der Waals surface area (Å²) in [7, 11) is 0. The Kier molecular flexibility index (Phi) is 5.25. The van der Waals surface area contributed by atoms with E-state index in [0.29, 0.717) is 10.6 Å². The molecular formula is C12H15Cl2NO2. The first-order chi connectivity index (χ1) is 7.97. The number of aliphatic hydroxyl groups excluding tert-OH is 1. The van der Waals surface area contributed by atoms with Gasteiger partial charge in [-0.3, -0.25) is 4.79 Å². The molecule has 94 valence electrons. The van der Waals surface area contributed by atoms with Crippen molar-refractivity contribution in [2.45, 2.75) is 19.9 Å². The molecular weight excluding hydrogens is 261 g/mol. The van der Waals surface area contributed by atoms with Gasteiger partial charge in [0.05, 0.1) is 28.3 Å². The van der Waals surface area contributed by atoms with Crippen molar-refractivity contribution in [2.24, 2.45) is 5.92 Å². The van der Waals surface area contributed by atoms with Crippen LogP contribution >= 0.6 is 23.2 Å². The Balaban J connectivity index is 2.86. The third-order valence-corrected chi connectivity index (χ3v) is 3.33. The van der Waals surface area contributed by atoms with Crippen molar-refractivity contribution in [2.75, 3.05) is 6.61 Å². The summed E-state index contributed by atoms with van der Waals surface area (Å²) in [5.41, 5.74) is 0.318. The van der Waals surface area contributed by atoms with Crippen LogP contribution in [-0.2, 0) is 0 Å². The molecule has 3 nitrogen and oxygen atoms in total. The smallest absolute Gasteiger partial charge is 0.253 e. The number of rotatable bonds is 4. The zero-order chi connectivity index (χ0) is 13.0. The molecule has 0 bridgehead atoms. The highest BCUT2D eigenvalue weighted by Crippen LogP contribution is 2.25. The maximum atomic E-state index is 11.9. The van der Waals surface area contributed by atoms with Gasteiger partial charge in [-0.1, -0.05) is 43.1 Å². The minimum absolute atomic E-state index is 0.110. The number of benzene rings is 1. The van der Waals surface area contributed by atoms with Gasteiger partial charge in [-0.05, 0) is 18.1 Å². The van der Waals surface area contributed by atoms with Crippen molar-refractivity contribution in [3.8, 4) is 0 Å². The summed E-state index contributed by atoms with van der Waals surface area (Å²) in [6, 6.07) is 4.58. The van der Waals surface area contributed by atoms with Crippen LogP contribution in [0.2, 0.25) is 10.0 Å². The van der Waals surface area contributed by atoms with Gasteiger partial charge in [0.15, 0.2) is 0 Å². The third kappa shape index (κ3) is 3.60. The van der Waals surface area contributed by atoms with E-state index >= 15 is 0 Å². The molecule has 0 radical (unpaired) electrons. The fraction of sp³-hybridized carbons (Fsp3) is 0.417. The van der Waals surface area contributed by atoms with Crippen molar-refractivity contribution in [3.05, 3.63) is 33.8 Å². The SMILES string of the molecule is CC(C)[C@@H](CO)NC(=O)c1cccc(Cl)c1Cl. The van der Waals surface area contributed by atoms with Crippen LogP contribution in [0.25, 0.3) is 0 Å². The van der Waals surface area contributed by atoms with E-state index in [1.807, 2.05) is 13.8 Å². The second-order valence-electron chi connectivity index (χ2n) is 4.11.